The van der Waals surface area contributed by atoms with Crippen molar-refractivity contribution in [2.45, 2.75) is 70.1 Å². The van der Waals surface area contributed by atoms with Gasteiger partial charge >= 0.3 is 0 Å². The Labute approximate surface area is 161 Å². The Balaban J connectivity index is 1.23. The predicted molar refractivity (Wildman–Crippen MR) is 105 cm³/mol. The van der Waals surface area contributed by atoms with Crippen LogP contribution in [0.1, 0.15) is 62.2 Å². The van der Waals surface area contributed by atoms with Gasteiger partial charge in [0.15, 0.2) is 5.78 Å². The summed E-state index contributed by atoms with van der Waals surface area (Å²) >= 11 is 0. The van der Waals surface area contributed by atoms with E-state index in [9.17, 15) is 9.18 Å². The van der Waals surface area contributed by atoms with E-state index in [-0.39, 0.29) is 11.3 Å². The summed E-state index contributed by atoms with van der Waals surface area (Å²) in [5.74, 6) is -0.647. The molecule has 0 spiro atoms. The Morgan fingerprint density at radius 2 is 1.63 bits per heavy atom. The number of hydrogen-bond donors (Lipinski definition) is 0. The second kappa shape index (κ2) is 8.27. The zero-order chi connectivity index (χ0) is 18.8. The molecule has 0 atom stereocenters. The fourth-order valence-electron chi connectivity index (χ4n) is 4.64. The van der Waals surface area contributed by atoms with E-state index in [4.69, 9.17) is 4.74 Å². The van der Waals surface area contributed by atoms with Crippen LogP contribution in [0.5, 0.6) is 0 Å². The maximum atomic E-state index is 14.1. The molecule has 2 saturated heterocycles. The summed E-state index contributed by atoms with van der Waals surface area (Å²) in [5.41, 5.74) is 1.04. The van der Waals surface area contributed by atoms with Gasteiger partial charge in [-0.3, -0.25) is 4.79 Å². The van der Waals surface area contributed by atoms with E-state index in [1.165, 1.54) is 45.3 Å². The van der Waals surface area contributed by atoms with Crippen LogP contribution in [0.4, 0.5) is 10.1 Å². The van der Waals surface area contributed by atoms with Gasteiger partial charge in [0.2, 0.25) is 0 Å². The Morgan fingerprint density at radius 1 is 1.00 bits per heavy atom. The molecule has 0 unspecified atom stereocenters. The zero-order valence-corrected chi connectivity index (χ0v) is 16.3. The molecular formula is C22H31FN2O2. The Kier molecular flexibility index (Phi) is 5.79. The summed E-state index contributed by atoms with van der Waals surface area (Å²) in [7, 11) is 0. The largest absolute Gasteiger partial charge is 0.375 e. The molecule has 0 amide bonds. The molecule has 3 aliphatic rings. The van der Waals surface area contributed by atoms with Crippen molar-refractivity contribution < 1.29 is 13.9 Å². The lowest BCUT2D eigenvalue weighted by molar-refractivity contribution is -0.0598. The molecule has 4 rings (SSSR count). The highest BCUT2D eigenvalue weighted by molar-refractivity contribution is 5.94. The average Bonchev–Trinajstić information content (AvgIpc) is 2.62. The number of anilines is 1. The Morgan fingerprint density at radius 3 is 2.15 bits per heavy atom. The van der Waals surface area contributed by atoms with Crippen LogP contribution in [0.15, 0.2) is 18.2 Å². The van der Waals surface area contributed by atoms with Gasteiger partial charge < -0.3 is 14.5 Å². The molecule has 148 valence electrons. The number of carbonyl (C=O) groups excluding carboxylic acids is 1. The minimum absolute atomic E-state index is 0.171. The Bertz CT molecular complexity index is 660. The van der Waals surface area contributed by atoms with Gasteiger partial charge in [0, 0.05) is 37.9 Å². The van der Waals surface area contributed by atoms with E-state index in [1.54, 1.807) is 6.07 Å². The molecule has 4 nitrogen and oxygen atoms in total. The standard InChI is InChI=1S/C22H31FN2O2/c1-16(26)21-6-5-18(15-22(21)23)25-13-9-20(10-14-25)27-19-7-11-24(12-8-19)17-3-2-4-17/h5-6,15,17,19-20H,2-4,7-14H2,1H3. The van der Waals surface area contributed by atoms with E-state index >= 15 is 0 Å². The molecule has 5 heteroatoms. The lowest BCUT2D eigenvalue weighted by Gasteiger charge is -2.43. The van der Waals surface area contributed by atoms with Crippen molar-refractivity contribution in [1.29, 1.82) is 0 Å². The van der Waals surface area contributed by atoms with E-state index in [2.05, 4.69) is 9.80 Å². The molecule has 2 heterocycles. The number of likely N-dealkylation sites (tertiary alicyclic amines) is 1. The van der Waals surface area contributed by atoms with E-state index in [1.807, 2.05) is 6.07 Å². The van der Waals surface area contributed by atoms with Crippen molar-refractivity contribution in [3.63, 3.8) is 0 Å². The van der Waals surface area contributed by atoms with Crippen LogP contribution in [0, 0.1) is 5.82 Å². The van der Waals surface area contributed by atoms with Gasteiger partial charge in [0.1, 0.15) is 5.82 Å². The topological polar surface area (TPSA) is 32.8 Å². The third kappa shape index (κ3) is 4.35. The highest BCUT2D eigenvalue weighted by Gasteiger charge is 2.30. The molecule has 0 N–H and O–H groups in total. The van der Waals surface area contributed by atoms with Crippen molar-refractivity contribution >= 4 is 11.5 Å². The molecule has 0 bridgehead atoms. The fourth-order valence-corrected chi connectivity index (χ4v) is 4.64. The van der Waals surface area contributed by atoms with Crippen molar-refractivity contribution in [1.82, 2.24) is 4.90 Å². The van der Waals surface area contributed by atoms with Gasteiger partial charge in [0.05, 0.1) is 17.8 Å². The first kappa shape index (κ1) is 18.9. The van der Waals surface area contributed by atoms with Gasteiger partial charge in [-0.1, -0.05) is 6.42 Å². The normalized spacial score (nSPS) is 23.4. The smallest absolute Gasteiger partial charge is 0.162 e. The average molecular weight is 375 g/mol. The molecular weight excluding hydrogens is 343 g/mol. The van der Waals surface area contributed by atoms with E-state index in [0.29, 0.717) is 12.2 Å². The molecule has 1 saturated carbocycles. The van der Waals surface area contributed by atoms with Crippen LogP contribution in [-0.4, -0.2) is 55.1 Å². The Hall–Kier alpha value is -1.46. The number of rotatable bonds is 5. The van der Waals surface area contributed by atoms with Gasteiger partial charge in [-0.25, -0.2) is 4.39 Å². The van der Waals surface area contributed by atoms with Crippen LogP contribution in [0.3, 0.4) is 0 Å². The summed E-state index contributed by atoms with van der Waals surface area (Å²) < 4.78 is 20.5. The number of piperidine rings is 2. The number of hydrogen-bond acceptors (Lipinski definition) is 4. The maximum absolute atomic E-state index is 14.1. The third-order valence-corrected chi connectivity index (χ3v) is 6.59. The number of carbonyl (C=O) groups is 1. The minimum atomic E-state index is -0.420. The van der Waals surface area contributed by atoms with Crippen molar-refractivity contribution in [3.05, 3.63) is 29.6 Å². The van der Waals surface area contributed by atoms with Gasteiger partial charge in [-0.2, -0.15) is 0 Å². The lowest BCUT2D eigenvalue weighted by atomic mass is 9.89. The van der Waals surface area contributed by atoms with E-state index in [0.717, 1.165) is 50.5 Å². The fraction of sp³-hybridized carbons (Fsp3) is 0.682. The molecule has 27 heavy (non-hydrogen) atoms. The van der Waals surface area contributed by atoms with Gasteiger partial charge in [-0.15, -0.1) is 0 Å². The van der Waals surface area contributed by atoms with Crippen molar-refractivity contribution in [3.8, 4) is 0 Å². The summed E-state index contributed by atoms with van der Waals surface area (Å²) in [5, 5.41) is 0. The number of nitrogens with zero attached hydrogens (tertiary/aromatic N) is 2. The van der Waals surface area contributed by atoms with Gasteiger partial charge in [-0.05, 0) is 63.6 Å². The summed E-state index contributed by atoms with van der Waals surface area (Å²) in [6.45, 7) is 5.54. The van der Waals surface area contributed by atoms with Crippen LogP contribution in [0.25, 0.3) is 0 Å². The SMILES string of the molecule is CC(=O)c1ccc(N2CCC(OC3CCN(C4CCC4)CC3)CC2)cc1F. The van der Waals surface area contributed by atoms with Crippen molar-refractivity contribution in [2.24, 2.45) is 0 Å². The highest BCUT2D eigenvalue weighted by atomic mass is 19.1. The minimum Gasteiger partial charge on any atom is -0.375 e. The lowest BCUT2D eigenvalue weighted by Crippen LogP contribution is -2.47. The number of ketones is 1. The third-order valence-electron chi connectivity index (χ3n) is 6.59. The second-order valence-corrected chi connectivity index (χ2v) is 8.36. The van der Waals surface area contributed by atoms with Crippen LogP contribution in [-0.2, 0) is 4.74 Å². The molecule has 2 aliphatic heterocycles. The maximum Gasteiger partial charge on any atom is 0.162 e. The number of benzene rings is 1. The first-order chi connectivity index (χ1) is 13.1. The number of Topliss-reactive ketones (excluding diaryl/α,β-unsaturated/α-hetero) is 1. The van der Waals surface area contributed by atoms with E-state index < -0.39 is 5.82 Å². The molecule has 1 aromatic carbocycles. The molecule has 3 fully saturated rings. The van der Waals surface area contributed by atoms with Gasteiger partial charge in [0.25, 0.3) is 0 Å². The summed E-state index contributed by atoms with van der Waals surface area (Å²) in [4.78, 5) is 16.2. The molecule has 1 aromatic rings. The monoisotopic (exact) mass is 374 g/mol. The number of ether oxygens (including phenoxy) is 1. The molecule has 1 aliphatic carbocycles. The summed E-state index contributed by atoms with van der Waals surface area (Å²) in [6.07, 6.45) is 9.20. The first-order valence-corrected chi connectivity index (χ1v) is 10.5. The molecule has 0 aromatic heterocycles. The summed E-state index contributed by atoms with van der Waals surface area (Å²) in [6, 6.07) is 5.81. The second-order valence-electron chi connectivity index (χ2n) is 8.36. The van der Waals surface area contributed by atoms with Crippen LogP contribution in [0.2, 0.25) is 0 Å². The van der Waals surface area contributed by atoms with Crippen molar-refractivity contribution in [2.75, 3.05) is 31.1 Å². The quantitative estimate of drug-likeness (QED) is 0.729. The zero-order valence-electron chi connectivity index (χ0n) is 16.3. The van der Waals surface area contributed by atoms with Crippen LogP contribution >= 0.6 is 0 Å². The highest BCUT2D eigenvalue weighted by Crippen LogP contribution is 2.30. The number of halogens is 1. The first-order valence-electron chi connectivity index (χ1n) is 10.5. The predicted octanol–water partition coefficient (Wildman–Crippen LogP) is 4.03. The molecule has 0 radical (unpaired) electrons. The van der Waals surface area contributed by atoms with Crippen LogP contribution < -0.4 is 4.90 Å².